The predicted octanol–water partition coefficient (Wildman–Crippen LogP) is 2.04. The Labute approximate surface area is 108 Å². The molecule has 4 nitrogen and oxygen atoms in total. The Morgan fingerprint density at radius 3 is 2.47 bits per heavy atom. The summed E-state index contributed by atoms with van der Waals surface area (Å²) in [6.07, 6.45) is 0.618. The largest absolute Gasteiger partial charge is 0.373 e. The van der Waals surface area contributed by atoms with Gasteiger partial charge in [-0.2, -0.15) is 8.78 Å². The van der Waals surface area contributed by atoms with Crippen LogP contribution in [0.1, 0.15) is 18.5 Å². The Kier molecular flexibility index (Phi) is 6.10. The Bertz CT molecular complexity index is 364. The number of nitrogens with zero attached hydrogens (tertiary/aromatic N) is 2. The van der Waals surface area contributed by atoms with Gasteiger partial charge in [-0.15, -0.1) is 0 Å². The molecule has 108 valence electrons. The summed E-state index contributed by atoms with van der Waals surface area (Å²) >= 11 is 0. The van der Waals surface area contributed by atoms with E-state index in [-0.39, 0.29) is 6.61 Å². The number of rotatable bonds is 8. The lowest BCUT2D eigenvalue weighted by Crippen LogP contribution is -2.34. The highest BCUT2D eigenvalue weighted by Gasteiger charge is 2.41. The monoisotopic (exact) mass is 281 g/mol. The van der Waals surface area contributed by atoms with Crippen molar-refractivity contribution < 1.29 is 22.3 Å². The molecule has 1 aromatic rings. The molecule has 0 amide bonds. The van der Waals surface area contributed by atoms with E-state index in [9.17, 15) is 17.6 Å². The van der Waals surface area contributed by atoms with E-state index in [4.69, 9.17) is 0 Å². The molecule has 0 aliphatic rings. The number of hydrogen-bond donors (Lipinski definition) is 1. The molecular formula is C11H15F4N3O. The highest BCUT2D eigenvalue weighted by molar-refractivity contribution is 5.09. The molecule has 19 heavy (non-hydrogen) atoms. The maximum absolute atomic E-state index is 12.7. The summed E-state index contributed by atoms with van der Waals surface area (Å²) < 4.78 is 53.9. The van der Waals surface area contributed by atoms with E-state index in [0.29, 0.717) is 12.1 Å². The van der Waals surface area contributed by atoms with E-state index in [2.05, 4.69) is 20.0 Å². The van der Waals surface area contributed by atoms with Gasteiger partial charge in [-0.25, -0.2) is 18.7 Å². The van der Waals surface area contributed by atoms with Crippen LogP contribution in [0.15, 0.2) is 18.7 Å². The molecule has 0 aliphatic carbocycles. The third-order valence-corrected chi connectivity index (χ3v) is 2.33. The molecular weight excluding hydrogens is 266 g/mol. The number of hydrogen-bond acceptors (Lipinski definition) is 4. The van der Waals surface area contributed by atoms with Gasteiger partial charge in [0.25, 0.3) is 0 Å². The van der Waals surface area contributed by atoms with Gasteiger partial charge >= 0.3 is 12.3 Å². The van der Waals surface area contributed by atoms with Crippen LogP contribution < -0.4 is 5.32 Å². The maximum Gasteiger partial charge on any atom is 0.330 e. The minimum absolute atomic E-state index is 0.163. The van der Waals surface area contributed by atoms with E-state index >= 15 is 0 Å². The molecule has 1 atom stereocenters. The summed E-state index contributed by atoms with van der Waals surface area (Å²) in [4.78, 5) is 7.60. The third-order valence-electron chi connectivity index (χ3n) is 2.33. The fraction of sp³-hybridized carbons (Fsp3) is 0.636. The van der Waals surface area contributed by atoms with Crippen molar-refractivity contribution in [2.75, 3.05) is 19.8 Å². The van der Waals surface area contributed by atoms with E-state index in [1.54, 1.807) is 0 Å². The van der Waals surface area contributed by atoms with Gasteiger partial charge in [0, 0.05) is 18.0 Å². The van der Waals surface area contributed by atoms with Crippen LogP contribution in [0.25, 0.3) is 0 Å². The molecule has 0 bridgehead atoms. The van der Waals surface area contributed by atoms with Gasteiger partial charge in [-0.3, -0.25) is 0 Å². The number of ether oxygens (including phenoxy) is 1. The smallest absolute Gasteiger partial charge is 0.330 e. The van der Waals surface area contributed by atoms with E-state index in [0.717, 1.165) is 0 Å². The van der Waals surface area contributed by atoms with Crippen molar-refractivity contribution in [1.82, 2.24) is 15.3 Å². The van der Waals surface area contributed by atoms with Crippen LogP contribution in [0.5, 0.6) is 0 Å². The minimum atomic E-state index is -4.13. The van der Waals surface area contributed by atoms with Gasteiger partial charge in [0.2, 0.25) is 0 Å². The second kappa shape index (κ2) is 7.34. The van der Waals surface area contributed by atoms with E-state index in [1.165, 1.54) is 18.7 Å². The van der Waals surface area contributed by atoms with Crippen LogP contribution in [0.2, 0.25) is 0 Å². The molecule has 0 fully saturated rings. The van der Waals surface area contributed by atoms with E-state index < -0.39 is 25.0 Å². The van der Waals surface area contributed by atoms with Crippen molar-refractivity contribution in [2.45, 2.75) is 25.3 Å². The first-order valence-electron chi connectivity index (χ1n) is 5.69. The molecule has 1 N–H and O–H groups in total. The highest BCUT2D eigenvalue weighted by atomic mass is 19.3. The lowest BCUT2D eigenvalue weighted by Gasteiger charge is -2.20. The second-order valence-corrected chi connectivity index (χ2v) is 3.86. The van der Waals surface area contributed by atoms with Gasteiger partial charge in [0.1, 0.15) is 12.9 Å². The van der Waals surface area contributed by atoms with Gasteiger partial charge in [0.15, 0.2) is 0 Å². The van der Waals surface area contributed by atoms with Crippen LogP contribution in [0.3, 0.4) is 0 Å². The quantitative estimate of drug-likeness (QED) is 0.741. The molecule has 0 aromatic carbocycles. The Morgan fingerprint density at radius 1 is 1.32 bits per heavy atom. The fourth-order valence-electron chi connectivity index (χ4n) is 1.39. The molecule has 8 heteroatoms. The van der Waals surface area contributed by atoms with E-state index in [1.807, 2.05) is 6.92 Å². The second-order valence-electron chi connectivity index (χ2n) is 3.86. The highest BCUT2D eigenvalue weighted by Crippen LogP contribution is 2.23. The maximum atomic E-state index is 12.7. The Balaban J connectivity index is 2.52. The van der Waals surface area contributed by atoms with Gasteiger partial charge in [0.05, 0.1) is 12.6 Å². The average molecular weight is 281 g/mol. The number of alkyl halides is 4. The minimum Gasteiger partial charge on any atom is -0.373 e. The van der Waals surface area contributed by atoms with Crippen molar-refractivity contribution in [3.63, 3.8) is 0 Å². The number of likely N-dealkylation sites (N-methyl/N-ethyl adjacent to an activating group) is 1. The summed E-state index contributed by atoms with van der Waals surface area (Å²) in [6, 6.07) is -0.417. The standard InChI is InChI=1S/C11H15F4N3O/c1-2-18-9(8-3-16-7-17-4-8)5-19-6-11(14,15)10(12)13/h3-4,7,9-10,18H,2,5-6H2,1H3. The molecule has 1 unspecified atom stereocenters. The zero-order chi connectivity index (χ0) is 14.3. The fourth-order valence-corrected chi connectivity index (χ4v) is 1.39. The van der Waals surface area contributed by atoms with Crippen LogP contribution in [-0.4, -0.2) is 42.1 Å². The molecule has 0 saturated heterocycles. The first kappa shape index (κ1) is 15.8. The van der Waals surface area contributed by atoms with Crippen LogP contribution in [0, 0.1) is 0 Å². The lowest BCUT2D eigenvalue weighted by molar-refractivity contribution is -0.167. The summed E-state index contributed by atoms with van der Waals surface area (Å²) in [5.74, 6) is -4.13. The van der Waals surface area contributed by atoms with Crippen LogP contribution >= 0.6 is 0 Å². The third kappa shape index (κ3) is 5.07. The molecule has 1 aromatic heterocycles. The number of halogens is 4. The van der Waals surface area contributed by atoms with Gasteiger partial charge in [-0.1, -0.05) is 6.92 Å². The Hall–Kier alpha value is -1.28. The number of nitrogens with one attached hydrogen (secondary N) is 1. The van der Waals surface area contributed by atoms with Crippen LogP contribution in [0.4, 0.5) is 17.6 Å². The zero-order valence-corrected chi connectivity index (χ0v) is 10.3. The molecule has 1 rings (SSSR count). The first-order valence-corrected chi connectivity index (χ1v) is 5.69. The first-order chi connectivity index (χ1) is 8.97. The Morgan fingerprint density at radius 2 is 1.95 bits per heavy atom. The zero-order valence-electron chi connectivity index (χ0n) is 10.3. The van der Waals surface area contributed by atoms with Crippen molar-refractivity contribution >= 4 is 0 Å². The van der Waals surface area contributed by atoms with Crippen molar-refractivity contribution in [3.05, 3.63) is 24.3 Å². The summed E-state index contributed by atoms with van der Waals surface area (Å²) in [5.41, 5.74) is 0.643. The number of aromatic nitrogens is 2. The SMILES string of the molecule is CCNC(COCC(F)(F)C(F)F)c1cncnc1. The summed E-state index contributed by atoms with van der Waals surface area (Å²) in [7, 11) is 0. The van der Waals surface area contributed by atoms with Crippen LogP contribution in [-0.2, 0) is 4.74 Å². The normalized spacial score (nSPS) is 13.8. The summed E-state index contributed by atoms with van der Waals surface area (Å²) in [5, 5.41) is 2.98. The van der Waals surface area contributed by atoms with Gasteiger partial charge < -0.3 is 10.1 Å². The predicted molar refractivity (Wildman–Crippen MR) is 60.2 cm³/mol. The topological polar surface area (TPSA) is 47.0 Å². The lowest BCUT2D eigenvalue weighted by atomic mass is 10.1. The molecule has 0 radical (unpaired) electrons. The van der Waals surface area contributed by atoms with Crippen molar-refractivity contribution in [3.8, 4) is 0 Å². The summed E-state index contributed by atoms with van der Waals surface area (Å²) in [6.45, 7) is 0.905. The molecule has 0 saturated carbocycles. The van der Waals surface area contributed by atoms with Crippen molar-refractivity contribution in [1.29, 1.82) is 0 Å². The molecule has 1 heterocycles. The molecule has 0 spiro atoms. The molecule has 0 aliphatic heterocycles. The van der Waals surface area contributed by atoms with Crippen molar-refractivity contribution in [2.24, 2.45) is 0 Å². The van der Waals surface area contributed by atoms with Gasteiger partial charge in [-0.05, 0) is 6.54 Å². The average Bonchev–Trinajstić information content (AvgIpc) is 2.38.